The van der Waals surface area contributed by atoms with Gasteiger partial charge in [0, 0.05) is 48.5 Å². The van der Waals surface area contributed by atoms with Gasteiger partial charge in [-0.15, -0.1) is 0 Å². The number of imidazole rings is 1. The van der Waals surface area contributed by atoms with Crippen molar-refractivity contribution in [2.75, 3.05) is 39.1 Å². The van der Waals surface area contributed by atoms with Crippen molar-refractivity contribution in [3.63, 3.8) is 0 Å². The van der Waals surface area contributed by atoms with Crippen molar-refractivity contribution in [1.82, 2.24) is 4.57 Å². The van der Waals surface area contributed by atoms with E-state index in [9.17, 15) is 0 Å². The summed E-state index contributed by atoms with van der Waals surface area (Å²) in [5.41, 5.74) is 6.14. The SMILES string of the molecule is CCn1c(C=CC=C2N(C)c3ccccc3C2(C)C)[n+](CCC[N+](C)(C)CC)c2cc(Cl)c(Cl)cc21. The zero-order valence-corrected chi connectivity index (χ0v) is 24.3. The molecule has 1 aliphatic rings. The number of rotatable bonds is 8. The van der Waals surface area contributed by atoms with Crippen molar-refractivity contribution < 1.29 is 9.05 Å². The zero-order chi connectivity index (χ0) is 26.3. The van der Waals surface area contributed by atoms with E-state index in [0.717, 1.165) is 48.1 Å². The predicted molar refractivity (Wildman–Crippen MR) is 155 cm³/mol. The second-order valence-electron chi connectivity index (χ2n) is 11.0. The Morgan fingerprint density at radius 2 is 1.75 bits per heavy atom. The second-order valence-corrected chi connectivity index (χ2v) is 11.8. The maximum atomic E-state index is 6.48. The zero-order valence-electron chi connectivity index (χ0n) is 22.8. The van der Waals surface area contributed by atoms with Crippen molar-refractivity contribution in [2.45, 2.75) is 52.6 Å². The van der Waals surface area contributed by atoms with E-state index in [1.165, 1.54) is 22.8 Å². The summed E-state index contributed by atoms with van der Waals surface area (Å²) in [5.74, 6) is 1.17. The van der Waals surface area contributed by atoms with Crippen LogP contribution in [0.2, 0.25) is 10.0 Å². The average molecular weight is 528 g/mol. The van der Waals surface area contributed by atoms with Crippen LogP contribution in [0.25, 0.3) is 17.1 Å². The maximum absolute atomic E-state index is 6.48. The van der Waals surface area contributed by atoms with Crippen molar-refractivity contribution >= 4 is 46.0 Å². The first-order valence-corrected chi connectivity index (χ1v) is 13.7. The lowest BCUT2D eigenvalue weighted by Crippen LogP contribution is -2.43. The highest BCUT2D eigenvalue weighted by Crippen LogP contribution is 2.46. The van der Waals surface area contributed by atoms with E-state index in [2.05, 4.69) is 105 Å². The molecule has 0 atom stereocenters. The Kier molecular flexibility index (Phi) is 7.62. The first-order valence-electron chi connectivity index (χ1n) is 13.0. The molecular formula is C30H40Cl2N4+2. The van der Waals surface area contributed by atoms with Gasteiger partial charge < -0.3 is 9.38 Å². The van der Waals surface area contributed by atoms with Crippen LogP contribution in [0.4, 0.5) is 5.69 Å². The number of quaternary nitrogens is 1. The Morgan fingerprint density at radius 1 is 1.06 bits per heavy atom. The number of para-hydroxylation sites is 1. The molecule has 4 rings (SSSR count). The van der Waals surface area contributed by atoms with Crippen molar-refractivity contribution in [1.29, 1.82) is 0 Å². The minimum absolute atomic E-state index is 0.0478. The van der Waals surface area contributed by atoms with E-state index >= 15 is 0 Å². The van der Waals surface area contributed by atoms with Gasteiger partial charge in [0.2, 0.25) is 0 Å². The molecule has 0 fully saturated rings. The molecule has 1 aromatic heterocycles. The lowest BCUT2D eigenvalue weighted by Gasteiger charge is -2.27. The van der Waals surface area contributed by atoms with Crippen LogP contribution in [0.5, 0.6) is 0 Å². The third-order valence-corrected chi connectivity index (χ3v) is 8.63. The van der Waals surface area contributed by atoms with Crippen LogP contribution in [-0.2, 0) is 18.5 Å². The Bertz CT molecular complexity index is 1330. The smallest absolute Gasteiger partial charge is 0.282 e. The predicted octanol–water partition coefficient (Wildman–Crippen LogP) is 7.07. The summed E-state index contributed by atoms with van der Waals surface area (Å²) < 4.78 is 5.76. The topological polar surface area (TPSA) is 12.1 Å². The summed E-state index contributed by atoms with van der Waals surface area (Å²) in [5, 5.41) is 1.19. The number of likely N-dealkylation sites (N-methyl/N-ethyl adjacent to an activating group) is 1. The molecule has 0 bridgehead atoms. The van der Waals surface area contributed by atoms with Crippen LogP contribution < -0.4 is 9.47 Å². The number of hydrogen-bond donors (Lipinski definition) is 0. The standard InChI is InChI=1S/C30H40Cl2N4/c1-8-34-26-20-23(31)24(32)21-27(26)35(18-13-19-36(6,7)9-2)29(34)17-12-16-28-30(3,4)22-14-10-11-15-25(22)33(28)5/h10-12,14-17,20-21H,8-9,13,18-19H2,1-7H3/q+2. The summed E-state index contributed by atoms with van der Waals surface area (Å²) >= 11 is 12.9. The van der Waals surface area contributed by atoms with Gasteiger partial charge in [-0.25, -0.2) is 9.13 Å². The van der Waals surface area contributed by atoms with Gasteiger partial charge in [-0.1, -0.05) is 61.3 Å². The normalized spacial score (nSPS) is 16.6. The van der Waals surface area contributed by atoms with Gasteiger partial charge in [0.05, 0.1) is 50.3 Å². The molecule has 0 aliphatic carbocycles. The number of halogens is 2. The Hall–Kier alpha value is -2.27. The highest BCUT2D eigenvalue weighted by atomic mass is 35.5. The summed E-state index contributed by atoms with van der Waals surface area (Å²) in [7, 11) is 6.75. The lowest BCUT2D eigenvalue weighted by molar-refractivity contribution is -0.890. The molecule has 0 radical (unpaired) electrons. The molecule has 0 saturated heterocycles. The average Bonchev–Trinajstić information content (AvgIpc) is 3.22. The first-order chi connectivity index (χ1) is 17.0. The quantitative estimate of drug-likeness (QED) is 0.226. The third kappa shape index (κ3) is 4.83. The molecule has 6 heteroatoms. The van der Waals surface area contributed by atoms with E-state index < -0.39 is 0 Å². The number of hydrogen-bond acceptors (Lipinski definition) is 1. The van der Waals surface area contributed by atoms with Crippen molar-refractivity contribution in [2.24, 2.45) is 0 Å². The van der Waals surface area contributed by atoms with E-state index in [1.807, 2.05) is 12.1 Å². The highest BCUT2D eigenvalue weighted by Gasteiger charge is 2.37. The van der Waals surface area contributed by atoms with Crippen molar-refractivity contribution in [3.8, 4) is 0 Å². The van der Waals surface area contributed by atoms with E-state index in [1.54, 1.807) is 0 Å². The van der Waals surface area contributed by atoms with E-state index in [4.69, 9.17) is 23.2 Å². The van der Waals surface area contributed by atoms with Gasteiger partial charge in [-0.3, -0.25) is 0 Å². The summed E-state index contributed by atoms with van der Waals surface area (Å²) in [6, 6.07) is 12.7. The minimum atomic E-state index is -0.0478. The molecular weight excluding hydrogens is 487 g/mol. The van der Waals surface area contributed by atoms with Crippen LogP contribution in [0.3, 0.4) is 0 Å². The number of allylic oxidation sites excluding steroid dienone is 3. The van der Waals surface area contributed by atoms with Gasteiger partial charge in [0.1, 0.15) is 0 Å². The molecule has 0 saturated carbocycles. The van der Waals surface area contributed by atoms with Gasteiger partial charge in [0.15, 0.2) is 11.0 Å². The number of anilines is 1. The highest BCUT2D eigenvalue weighted by molar-refractivity contribution is 6.42. The molecule has 36 heavy (non-hydrogen) atoms. The molecule has 0 spiro atoms. The number of nitrogens with zero attached hydrogens (tertiary/aromatic N) is 4. The summed E-state index contributed by atoms with van der Waals surface area (Å²) in [6.45, 7) is 13.1. The van der Waals surface area contributed by atoms with Crippen LogP contribution in [-0.4, -0.2) is 43.3 Å². The summed E-state index contributed by atoms with van der Waals surface area (Å²) in [4.78, 5) is 2.31. The van der Waals surface area contributed by atoms with Crippen LogP contribution in [0.15, 0.2) is 54.2 Å². The fourth-order valence-corrected chi connectivity index (χ4v) is 5.76. The van der Waals surface area contributed by atoms with Gasteiger partial charge in [-0.2, -0.15) is 0 Å². The fourth-order valence-electron chi connectivity index (χ4n) is 5.44. The number of aryl methyl sites for hydroxylation is 2. The molecule has 2 heterocycles. The van der Waals surface area contributed by atoms with Crippen LogP contribution in [0.1, 0.15) is 45.5 Å². The van der Waals surface area contributed by atoms with E-state index in [0.29, 0.717) is 10.0 Å². The fraction of sp³-hybridized carbons (Fsp3) is 0.433. The largest absolute Gasteiger partial charge is 0.347 e. The maximum Gasteiger partial charge on any atom is 0.282 e. The Morgan fingerprint density at radius 3 is 2.42 bits per heavy atom. The van der Waals surface area contributed by atoms with Gasteiger partial charge in [-0.05, 0) is 31.6 Å². The molecule has 2 aromatic carbocycles. The third-order valence-electron chi connectivity index (χ3n) is 7.91. The van der Waals surface area contributed by atoms with Crippen LogP contribution >= 0.6 is 23.2 Å². The molecule has 0 unspecified atom stereocenters. The second kappa shape index (κ2) is 10.2. The Balaban J connectivity index is 1.76. The van der Waals surface area contributed by atoms with Gasteiger partial charge in [0.25, 0.3) is 5.82 Å². The number of fused-ring (bicyclic) bond motifs is 2. The minimum Gasteiger partial charge on any atom is -0.347 e. The summed E-state index contributed by atoms with van der Waals surface area (Å²) in [6.07, 6.45) is 7.79. The molecule has 3 aromatic rings. The van der Waals surface area contributed by atoms with Gasteiger partial charge >= 0.3 is 0 Å². The number of aromatic nitrogens is 2. The van der Waals surface area contributed by atoms with Crippen molar-refractivity contribution in [3.05, 3.63) is 75.7 Å². The molecule has 192 valence electrons. The molecule has 0 N–H and O–H groups in total. The monoisotopic (exact) mass is 526 g/mol. The lowest BCUT2D eigenvalue weighted by atomic mass is 9.84. The molecule has 1 aliphatic heterocycles. The molecule has 4 nitrogen and oxygen atoms in total. The Labute approximate surface area is 226 Å². The number of benzene rings is 2. The van der Waals surface area contributed by atoms with Crippen LogP contribution in [0, 0.1) is 0 Å². The first kappa shape index (κ1) is 26.8. The molecule has 0 amide bonds. The van der Waals surface area contributed by atoms with E-state index in [-0.39, 0.29) is 5.41 Å².